The van der Waals surface area contributed by atoms with E-state index in [1.165, 1.54) is 0 Å². The van der Waals surface area contributed by atoms with Crippen molar-refractivity contribution in [1.82, 2.24) is 9.62 Å². The van der Waals surface area contributed by atoms with Crippen molar-refractivity contribution in [3.05, 3.63) is 78.4 Å². The summed E-state index contributed by atoms with van der Waals surface area (Å²) in [6.45, 7) is 0.501. The molecule has 3 rings (SSSR count). The highest BCUT2D eigenvalue weighted by molar-refractivity contribution is 7.88. The first-order chi connectivity index (χ1) is 13.9. The van der Waals surface area contributed by atoms with Crippen molar-refractivity contribution in [2.45, 2.75) is 6.54 Å². The van der Waals surface area contributed by atoms with Gasteiger partial charge in [-0.1, -0.05) is 60.7 Å². The zero-order valence-corrected chi connectivity index (χ0v) is 17.1. The molecule has 152 valence electrons. The lowest BCUT2D eigenvalue weighted by atomic mass is 10.1. The molecule has 0 heterocycles. The smallest absolute Gasteiger partial charge is 0.235 e. The molecule has 3 aromatic carbocycles. The summed E-state index contributed by atoms with van der Waals surface area (Å²) in [5.74, 6) is 0.355. The Morgan fingerprint density at radius 1 is 0.966 bits per heavy atom. The number of rotatable bonds is 9. The van der Waals surface area contributed by atoms with Crippen LogP contribution in [0.5, 0.6) is 5.75 Å². The van der Waals surface area contributed by atoms with Crippen LogP contribution in [0.25, 0.3) is 10.8 Å². The molecule has 0 bridgehead atoms. The van der Waals surface area contributed by atoms with E-state index >= 15 is 0 Å². The third kappa shape index (κ3) is 6.30. The summed E-state index contributed by atoms with van der Waals surface area (Å²) in [5.41, 5.74) is 0.824. The number of nitrogens with zero attached hydrogens (tertiary/aromatic N) is 1. The zero-order valence-electron chi connectivity index (χ0n) is 16.2. The van der Waals surface area contributed by atoms with Crippen LogP contribution in [0, 0.1) is 0 Å². The van der Waals surface area contributed by atoms with E-state index in [2.05, 4.69) is 5.32 Å². The van der Waals surface area contributed by atoms with E-state index in [0.717, 1.165) is 32.6 Å². The van der Waals surface area contributed by atoms with Gasteiger partial charge in [0.15, 0.2) is 0 Å². The van der Waals surface area contributed by atoms with E-state index in [4.69, 9.17) is 4.74 Å². The van der Waals surface area contributed by atoms with Crippen LogP contribution in [-0.2, 0) is 21.4 Å². The Hall–Kier alpha value is -2.90. The van der Waals surface area contributed by atoms with Crippen molar-refractivity contribution in [3.8, 4) is 5.75 Å². The van der Waals surface area contributed by atoms with Crippen molar-refractivity contribution in [1.29, 1.82) is 0 Å². The number of nitrogens with one attached hydrogen (secondary N) is 1. The normalized spacial score (nSPS) is 11.5. The molecule has 0 aliphatic heterocycles. The van der Waals surface area contributed by atoms with Crippen molar-refractivity contribution >= 4 is 26.7 Å². The molecule has 1 amide bonds. The summed E-state index contributed by atoms with van der Waals surface area (Å²) in [6.07, 6.45) is 1.10. The number of fused-ring (bicyclic) bond motifs is 1. The van der Waals surface area contributed by atoms with Gasteiger partial charge in [-0.2, -0.15) is 4.31 Å². The highest BCUT2D eigenvalue weighted by atomic mass is 32.2. The van der Waals surface area contributed by atoms with Crippen LogP contribution in [0.1, 0.15) is 5.56 Å². The fraction of sp³-hybridized carbons (Fsp3) is 0.227. The van der Waals surface area contributed by atoms with E-state index < -0.39 is 10.0 Å². The molecule has 6 nitrogen and oxygen atoms in total. The predicted octanol–water partition coefficient (Wildman–Crippen LogP) is 2.80. The van der Waals surface area contributed by atoms with Crippen molar-refractivity contribution < 1.29 is 17.9 Å². The number of ether oxygens (including phenoxy) is 1. The molecule has 0 aliphatic carbocycles. The standard InChI is InChI=1S/C22H24N2O4S/c1-29(26,27)24(16-18-7-3-2-4-8-18)17-22(25)23-13-14-28-21-12-11-19-9-5-6-10-20(19)15-21/h2-12,15H,13-14,16-17H2,1H3,(H,23,25). The van der Waals surface area contributed by atoms with Crippen LogP contribution in [0.15, 0.2) is 72.8 Å². The summed E-state index contributed by atoms with van der Waals surface area (Å²) >= 11 is 0. The molecule has 0 saturated carbocycles. The topological polar surface area (TPSA) is 75.7 Å². The highest BCUT2D eigenvalue weighted by Crippen LogP contribution is 2.20. The number of hydrogen-bond donors (Lipinski definition) is 1. The minimum absolute atomic E-state index is 0.153. The SMILES string of the molecule is CS(=O)(=O)N(CC(=O)NCCOc1ccc2ccccc2c1)Cc1ccccc1. The van der Waals surface area contributed by atoms with Gasteiger partial charge in [-0.25, -0.2) is 8.42 Å². The number of hydrogen-bond acceptors (Lipinski definition) is 4. The third-order valence-electron chi connectivity index (χ3n) is 4.40. The van der Waals surface area contributed by atoms with Gasteiger partial charge < -0.3 is 10.1 Å². The Labute approximate surface area is 171 Å². The largest absolute Gasteiger partial charge is 0.492 e. The molecule has 0 spiro atoms. The van der Waals surface area contributed by atoms with Crippen LogP contribution >= 0.6 is 0 Å². The fourth-order valence-corrected chi connectivity index (χ4v) is 3.65. The molecule has 0 atom stereocenters. The van der Waals surface area contributed by atoms with Crippen LogP contribution in [0.3, 0.4) is 0 Å². The summed E-state index contributed by atoms with van der Waals surface area (Å²) in [7, 11) is -3.51. The zero-order chi connectivity index (χ0) is 20.7. The molecule has 1 N–H and O–H groups in total. The van der Waals surface area contributed by atoms with Crippen molar-refractivity contribution in [2.75, 3.05) is 26.0 Å². The third-order valence-corrected chi connectivity index (χ3v) is 5.60. The van der Waals surface area contributed by atoms with Gasteiger partial charge in [0.25, 0.3) is 0 Å². The minimum Gasteiger partial charge on any atom is -0.492 e. The van der Waals surface area contributed by atoms with Gasteiger partial charge in [-0.3, -0.25) is 4.79 Å². The van der Waals surface area contributed by atoms with Crippen molar-refractivity contribution in [2.24, 2.45) is 0 Å². The van der Waals surface area contributed by atoms with Gasteiger partial charge in [0.1, 0.15) is 12.4 Å². The van der Waals surface area contributed by atoms with Crippen LogP contribution < -0.4 is 10.1 Å². The Balaban J connectivity index is 1.48. The molecule has 0 saturated heterocycles. The highest BCUT2D eigenvalue weighted by Gasteiger charge is 2.20. The van der Waals surface area contributed by atoms with Crippen molar-refractivity contribution in [3.63, 3.8) is 0 Å². The molecule has 7 heteroatoms. The number of benzene rings is 3. The van der Waals surface area contributed by atoms with Crippen LogP contribution in [0.2, 0.25) is 0 Å². The molecule has 3 aromatic rings. The second-order valence-electron chi connectivity index (χ2n) is 6.72. The first-order valence-corrected chi connectivity index (χ1v) is 11.1. The summed E-state index contributed by atoms with van der Waals surface area (Å²) in [5, 5.41) is 4.92. The first-order valence-electron chi connectivity index (χ1n) is 9.29. The Kier molecular flexibility index (Phi) is 6.85. The maximum atomic E-state index is 12.2. The average molecular weight is 413 g/mol. The number of sulfonamides is 1. The van der Waals surface area contributed by atoms with E-state index in [0.29, 0.717) is 6.61 Å². The number of carbonyl (C=O) groups excluding carboxylic acids is 1. The van der Waals surface area contributed by atoms with Gasteiger partial charge in [-0.05, 0) is 28.5 Å². The number of amides is 1. The van der Waals surface area contributed by atoms with E-state index in [-0.39, 0.29) is 25.5 Å². The Bertz CT molecular complexity index is 1070. The lowest BCUT2D eigenvalue weighted by Gasteiger charge is -2.19. The molecular weight excluding hydrogens is 388 g/mol. The van der Waals surface area contributed by atoms with E-state index in [9.17, 15) is 13.2 Å². The maximum absolute atomic E-state index is 12.2. The van der Waals surface area contributed by atoms with Gasteiger partial charge in [0, 0.05) is 6.54 Å². The quantitative estimate of drug-likeness (QED) is 0.549. The summed E-state index contributed by atoms with van der Waals surface area (Å²) in [4.78, 5) is 12.2. The monoisotopic (exact) mass is 412 g/mol. The predicted molar refractivity (Wildman–Crippen MR) is 114 cm³/mol. The Morgan fingerprint density at radius 2 is 1.66 bits per heavy atom. The molecule has 0 radical (unpaired) electrons. The summed E-state index contributed by atoms with van der Waals surface area (Å²) < 4.78 is 30.9. The Morgan fingerprint density at radius 3 is 2.38 bits per heavy atom. The van der Waals surface area contributed by atoms with E-state index in [1.807, 2.05) is 72.8 Å². The maximum Gasteiger partial charge on any atom is 0.235 e. The van der Waals surface area contributed by atoms with Gasteiger partial charge in [0.2, 0.25) is 15.9 Å². The minimum atomic E-state index is -3.51. The van der Waals surface area contributed by atoms with Crippen LogP contribution in [-0.4, -0.2) is 44.6 Å². The van der Waals surface area contributed by atoms with Gasteiger partial charge in [0.05, 0.1) is 19.3 Å². The lowest BCUT2D eigenvalue weighted by Crippen LogP contribution is -2.40. The second kappa shape index (κ2) is 9.54. The molecule has 0 fully saturated rings. The molecule has 29 heavy (non-hydrogen) atoms. The average Bonchev–Trinajstić information content (AvgIpc) is 2.71. The molecule has 0 aromatic heterocycles. The molecular formula is C22H24N2O4S. The number of carbonyl (C=O) groups is 1. The van der Waals surface area contributed by atoms with Gasteiger partial charge in [-0.15, -0.1) is 0 Å². The summed E-state index contributed by atoms with van der Waals surface area (Å²) in [6, 6.07) is 23.0. The molecule has 0 aliphatic rings. The molecule has 0 unspecified atom stereocenters. The first kappa shape index (κ1) is 20.8. The van der Waals surface area contributed by atoms with E-state index in [1.54, 1.807) is 0 Å². The van der Waals surface area contributed by atoms with Crippen LogP contribution in [0.4, 0.5) is 0 Å². The fourth-order valence-electron chi connectivity index (χ4n) is 2.91. The lowest BCUT2D eigenvalue weighted by molar-refractivity contribution is -0.121. The second-order valence-corrected chi connectivity index (χ2v) is 8.71. The van der Waals surface area contributed by atoms with Gasteiger partial charge >= 0.3 is 0 Å².